The van der Waals surface area contributed by atoms with Crippen LogP contribution >= 0.6 is 0 Å². The van der Waals surface area contributed by atoms with Gasteiger partial charge in [-0.15, -0.1) is 0 Å². The van der Waals surface area contributed by atoms with E-state index < -0.39 is 0 Å². The molecule has 1 aromatic rings. The van der Waals surface area contributed by atoms with Gasteiger partial charge < -0.3 is 5.32 Å². The van der Waals surface area contributed by atoms with Gasteiger partial charge in [0.05, 0.1) is 0 Å². The number of nitrogens with one attached hydrogen (secondary N) is 1. The number of hydrogen-bond acceptors (Lipinski definition) is 1. The van der Waals surface area contributed by atoms with Crippen LogP contribution in [0.25, 0.3) is 0 Å². The summed E-state index contributed by atoms with van der Waals surface area (Å²) in [6, 6.07) is 7.85. The summed E-state index contributed by atoms with van der Waals surface area (Å²) < 4.78 is 0. The predicted molar refractivity (Wildman–Crippen MR) is 60.9 cm³/mol. The maximum atomic E-state index is 11.7. The average Bonchev–Trinajstić information content (AvgIpc) is 3.10. The van der Waals surface area contributed by atoms with Gasteiger partial charge in [0, 0.05) is 12.1 Å². The van der Waals surface area contributed by atoms with Crippen LogP contribution in [-0.4, -0.2) is 12.5 Å². The number of hydrogen-bond donors (Lipinski definition) is 1. The van der Waals surface area contributed by atoms with Crippen LogP contribution in [0.1, 0.15) is 35.7 Å². The van der Waals surface area contributed by atoms with E-state index in [0.29, 0.717) is 0 Å². The second-order valence-electron chi connectivity index (χ2n) is 4.20. The monoisotopic (exact) mass is 203 g/mol. The zero-order valence-electron chi connectivity index (χ0n) is 9.12. The Morgan fingerprint density at radius 1 is 1.33 bits per heavy atom. The third kappa shape index (κ3) is 2.82. The first-order valence-corrected chi connectivity index (χ1v) is 5.66. The first-order chi connectivity index (χ1) is 7.29. The molecule has 0 saturated heterocycles. The molecule has 15 heavy (non-hydrogen) atoms. The molecule has 1 saturated carbocycles. The summed E-state index contributed by atoms with van der Waals surface area (Å²) in [4.78, 5) is 11.7. The number of amides is 1. The van der Waals surface area contributed by atoms with Crippen molar-refractivity contribution in [1.82, 2.24) is 5.32 Å². The van der Waals surface area contributed by atoms with Crippen molar-refractivity contribution in [1.29, 1.82) is 0 Å². The third-order valence-corrected chi connectivity index (χ3v) is 2.87. The molecule has 1 aromatic carbocycles. The van der Waals surface area contributed by atoms with Gasteiger partial charge >= 0.3 is 0 Å². The fourth-order valence-electron chi connectivity index (χ4n) is 1.55. The second kappa shape index (κ2) is 4.47. The van der Waals surface area contributed by atoms with E-state index in [9.17, 15) is 4.79 Å². The van der Waals surface area contributed by atoms with Gasteiger partial charge in [0.2, 0.25) is 0 Å². The summed E-state index contributed by atoms with van der Waals surface area (Å²) in [5.41, 5.74) is 2.04. The van der Waals surface area contributed by atoms with Gasteiger partial charge in [-0.1, -0.05) is 19.1 Å². The summed E-state index contributed by atoms with van der Waals surface area (Å²) in [5, 5.41) is 2.96. The van der Waals surface area contributed by atoms with Crippen molar-refractivity contribution >= 4 is 5.91 Å². The molecule has 2 heteroatoms. The van der Waals surface area contributed by atoms with Crippen LogP contribution in [-0.2, 0) is 6.42 Å². The average molecular weight is 203 g/mol. The van der Waals surface area contributed by atoms with E-state index in [0.717, 1.165) is 24.4 Å². The maximum Gasteiger partial charge on any atom is 0.251 e. The zero-order chi connectivity index (χ0) is 10.7. The van der Waals surface area contributed by atoms with Crippen LogP contribution in [0.4, 0.5) is 0 Å². The highest BCUT2D eigenvalue weighted by atomic mass is 16.1. The molecule has 1 aliphatic carbocycles. The van der Waals surface area contributed by atoms with E-state index in [1.807, 2.05) is 24.3 Å². The van der Waals surface area contributed by atoms with Gasteiger partial charge in [0.15, 0.2) is 0 Å². The van der Waals surface area contributed by atoms with Crippen molar-refractivity contribution < 1.29 is 4.79 Å². The molecule has 0 atom stereocenters. The summed E-state index contributed by atoms with van der Waals surface area (Å²) in [6.45, 7) is 2.95. The largest absolute Gasteiger partial charge is 0.352 e. The van der Waals surface area contributed by atoms with Gasteiger partial charge in [0.25, 0.3) is 5.91 Å². The van der Waals surface area contributed by atoms with Crippen LogP contribution in [0.3, 0.4) is 0 Å². The summed E-state index contributed by atoms with van der Waals surface area (Å²) in [7, 11) is 0. The van der Waals surface area contributed by atoms with Crippen LogP contribution < -0.4 is 5.32 Å². The van der Waals surface area contributed by atoms with E-state index in [1.165, 1.54) is 18.4 Å². The van der Waals surface area contributed by atoms with Gasteiger partial charge in [-0.25, -0.2) is 0 Å². The smallest absolute Gasteiger partial charge is 0.251 e. The number of carbonyl (C=O) groups is 1. The van der Waals surface area contributed by atoms with Crippen molar-refractivity contribution in [2.75, 3.05) is 6.54 Å². The molecule has 0 radical (unpaired) electrons. The Kier molecular flexibility index (Phi) is 3.05. The zero-order valence-corrected chi connectivity index (χ0v) is 9.12. The quantitative estimate of drug-likeness (QED) is 0.799. The Balaban J connectivity index is 1.91. The number of carbonyl (C=O) groups excluding carboxylic acids is 1. The molecule has 0 heterocycles. The molecule has 0 aromatic heterocycles. The number of benzene rings is 1. The molecular weight excluding hydrogens is 186 g/mol. The highest BCUT2D eigenvalue weighted by Gasteiger charge is 2.21. The van der Waals surface area contributed by atoms with Crippen LogP contribution in [0.5, 0.6) is 0 Å². The topological polar surface area (TPSA) is 29.1 Å². The minimum Gasteiger partial charge on any atom is -0.352 e. The maximum absolute atomic E-state index is 11.7. The van der Waals surface area contributed by atoms with Crippen LogP contribution in [0, 0.1) is 5.92 Å². The Bertz CT molecular complexity index is 338. The van der Waals surface area contributed by atoms with E-state index in [4.69, 9.17) is 0 Å². The van der Waals surface area contributed by atoms with E-state index in [-0.39, 0.29) is 5.91 Å². The molecule has 1 N–H and O–H groups in total. The Morgan fingerprint density at radius 2 is 2.00 bits per heavy atom. The van der Waals surface area contributed by atoms with Crippen molar-refractivity contribution in [2.45, 2.75) is 26.2 Å². The number of rotatable bonds is 4. The van der Waals surface area contributed by atoms with E-state index in [2.05, 4.69) is 12.2 Å². The highest BCUT2D eigenvalue weighted by molar-refractivity contribution is 5.94. The SMILES string of the molecule is CCc1ccc(C(=O)NCC2CC2)cc1. The lowest BCUT2D eigenvalue weighted by Gasteiger charge is -2.04. The van der Waals surface area contributed by atoms with Crippen molar-refractivity contribution in [3.8, 4) is 0 Å². The minimum atomic E-state index is 0.0598. The molecule has 1 fully saturated rings. The minimum absolute atomic E-state index is 0.0598. The standard InChI is InChI=1S/C13H17NO/c1-2-10-5-7-12(8-6-10)13(15)14-9-11-3-4-11/h5-8,11H,2-4,9H2,1H3,(H,14,15). The third-order valence-electron chi connectivity index (χ3n) is 2.87. The molecule has 80 valence electrons. The van der Waals surface area contributed by atoms with Gasteiger partial charge in [-0.3, -0.25) is 4.79 Å². The molecular formula is C13H17NO. The normalized spacial score (nSPS) is 15.0. The molecule has 2 rings (SSSR count). The molecule has 1 aliphatic rings. The Labute approximate surface area is 90.7 Å². The van der Waals surface area contributed by atoms with Gasteiger partial charge in [-0.2, -0.15) is 0 Å². The summed E-state index contributed by atoms with van der Waals surface area (Å²) in [6.07, 6.45) is 3.56. The van der Waals surface area contributed by atoms with Crippen LogP contribution in [0.15, 0.2) is 24.3 Å². The highest BCUT2D eigenvalue weighted by Crippen LogP contribution is 2.27. The first kappa shape index (κ1) is 10.2. The molecule has 1 amide bonds. The van der Waals surface area contributed by atoms with E-state index in [1.54, 1.807) is 0 Å². The molecule has 0 spiro atoms. The van der Waals surface area contributed by atoms with Crippen molar-refractivity contribution in [3.63, 3.8) is 0 Å². The van der Waals surface area contributed by atoms with Crippen molar-refractivity contribution in [2.24, 2.45) is 5.92 Å². The molecule has 0 aliphatic heterocycles. The van der Waals surface area contributed by atoms with Gasteiger partial charge in [-0.05, 0) is 42.9 Å². The van der Waals surface area contributed by atoms with Crippen molar-refractivity contribution in [3.05, 3.63) is 35.4 Å². The fraction of sp³-hybridized carbons (Fsp3) is 0.462. The van der Waals surface area contributed by atoms with Gasteiger partial charge in [0.1, 0.15) is 0 Å². The lowest BCUT2D eigenvalue weighted by Crippen LogP contribution is -2.25. The molecule has 0 unspecified atom stereocenters. The Hall–Kier alpha value is -1.31. The molecule has 2 nitrogen and oxygen atoms in total. The lowest BCUT2D eigenvalue weighted by atomic mass is 10.1. The molecule has 0 bridgehead atoms. The number of aryl methyl sites for hydroxylation is 1. The Morgan fingerprint density at radius 3 is 2.53 bits per heavy atom. The predicted octanol–water partition coefficient (Wildman–Crippen LogP) is 2.39. The summed E-state index contributed by atoms with van der Waals surface area (Å²) in [5.74, 6) is 0.799. The van der Waals surface area contributed by atoms with Crippen LogP contribution in [0.2, 0.25) is 0 Å². The first-order valence-electron chi connectivity index (χ1n) is 5.66. The lowest BCUT2D eigenvalue weighted by molar-refractivity contribution is 0.0952. The fourth-order valence-corrected chi connectivity index (χ4v) is 1.55. The summed E-state index contributed by atoms with van der Waals surface area (Å²) >= 11 is 0. The van der Waals surface area contributed by atoms with E-state index >= 15 is 0 Å². The second-order valence-corrected chi connectivity index (χ2v) is 4.20.